The lowest BCUT2D eigenvalue weighted by molar-refractivity contribution is -0.121. The van der Waals surface area contributed by atoms with Gasteiger partial charge in [0, 0.05) is 5.56 Å². The minimum Gasteiger partial charge on any atom is -0.496 e. The van der Waals surface area contributed by atoms with Crippen molar-refractivity contribution in [3.05, 3.63) is 53.6 Å². The van der Waals surface area contributed by atoms with Crippen molar-refractivity contribution in [2.24, 2.45) is 0 Å². The van der Waals surface area contributed by atoms with Crippen molar-refractivity contribution in [2.45, 2.75) is 39.3 Å². The molecule has 2 aromatic rings. The molecule has 1 N–H and O–H groups in total. The van der Waals surface area contributed by atoms with Crippen molar-refractivity contribution in [3.63, 3.8) is 0 Å². The Kier molecular flexibility index (Phi) is 6.89. The van der Waals surface area contributed by atoms with Gasteiger partial charge in [-0.25, -0.2) is 0 Å². The van der Waals surface area contributed by atoms with Gasteiger partial charge in [0.05, 0.1) is 32.8 Å². The third-order valence-corrected chi connectivity index (χ3v) is 3.97. The summed E-state index contributed by atoms with van der Waals surface area (Å²) in [6, 6.07) is 13.1. The topological polar surface area (TPSA) is 56.8 Å². The number of para-hydroxylation sites is 1. The van der Waals surface area contributed by atoms with E-state index in [0.717, 1.165) is 11.1 Å². The predicted octanol–water partition coefficient (Wildman–Crippen LogP) is 3.91. The quantitative estimate of drug-likeness (QED) is 0.778. The van der Waals surface area contributed by atoms with Crippen molar-refractivity contribution in [1.29, 1.82) is 0 Å². The first kappa shape index (κ1) is 19.6. The molecule has 0 heterocycles. The van der Waals surface area contributed by atoms with Gasteiger partial charge in [-0.1, -0.05) is 24.3 Å². The smallest absolute Gasteiger partial charge is 0.225 e. The van der Waals surface area contributed by atoms with E-state index in [2.05, 4.69) is 5.32 Å². The van der Waals surface area contributed by atoms with E-state index in [9.17, 15) is 4.79 Å². The van der Waals surface area contributed by atoms with Gasteiger partial charge in [0.1, 0.15) is 5.75 Å². The third-order valence-electron chi connectivity index (χ3n) is 3.97. The molecule has 1 amide bonds. The van der Waals surface area contributed by atoms with Crippen molar-refractivity contribution in [2.75, 3.05) is 14.2 Å². The summed E-state index contributed by atoms with van der Waals surface area (Å²) in [5.41, 5.74) is 1.81. The molecule has 5 heteroatoms. The molecule has 140 valence electrons. The maximum Gasteiger partial charge on any atom is 0.225 e. The number of hydrogen-bond acceptors (Lipinski definition) is 4. The molecule has 0 spiro atoms. The van der Waals surface area contributed by atoms with Crippen LogP contribution in [0.3, 0.4) is 0 Å². The molecule has 0 aliphatic heterocycles. The number of nitrogens with one attached hydrogen (secondary N) is 1. The second-order valence-electron chi connectivity index (χ2n) is 6.35. The number of hydrogen-bond donors (Lipinski definition) is 1. The minimum absolute atomic E-state index is 0.0627. The normalized spacial score (nSPS) is 11.8. The highest BCUT2D eigenvalue weighted by Crippen LogP contribution is 2.31. The Labute approximate surface area is 155 Å². The molecule has 0 aliphatic carbocycles. The van der Waals surface area contributed by atoms with Gasteiger partial charge >= 0.3 is 0 Å². The fraction of sp³-hybridized carbons (Fsp3) is 0.381. The standard InChI is InChI=1S/C21H27NO4/c1-14(2)26-19-11-10-16(12-20(19)25-5)15(3)22-21(23)13-17-8-6-7-9-18(17)24-4/h6-12,14-15H,13H2,1-5H3,(H,22,23). The van der Waals surface area contributed by atoms with Crippen molar-refractivity contribution >= 4 is 5.91 Å². The third kappa shape index (κ3) is 5.15. The molecule has 2 rings (SSSR count). The van der Waals surface area contributed by atoms with Crippen molar-refractivity contribution in [3.8, 4) is 17.2 Å². The summed E-state index contributed by atoms with van der Waals surface area (Å²) in [5, 5.41) is 3.02. The summed E-state index contributed by atoms with van der Waals surface area (Å²) in [6.07, 6.45) is 0.327. The van der Waals surface area contributed by atoms with Gasteiger partial charge in [-0.3, -0.25) is 4.79 Å². The Balaban J connectivity index is 2.06. The van der Waals surface area contributed by atoms with E-state index >= 15 is 0 Å². The lowest BCUT2D eigenvalue weighted by Gasteiger charge is -2.18. The first-order chi connectivity index (χ1) is 12.4. The van der Waals surface area contributed by atoms with Gasteiger partial charge in [-0.05, 0) is 44.5 Å². The van der Waals surface area contributed by atoms with Gasteiger partial charge in [-0.15, -0.1) is 0 Å². The lowest BCUT2D eigenvalue weighted by atomic mass is 10.1. The highest BCUT2D eigenvalue weighted by atomic mass is 16.5. The number of carbonyl (C=O) groups is 1. The van der Waals surface area contributed by atoms with Gasteiger partial charge in [0.2, 0.25) is 5.91 Å². The van der Waals surface area contributed by atoms with Crippen LogP contribution in [-0.4, -0.2) is 26.2 Å². The van der Waals surface area contributed by atoms with Crippen LogP contribution in [0, 0.1) is 0 Å². The van der Waals surface area contributed by atoms with Crippen LogP contribution in [0.15, 0.2) is 42.5 Å². The zero-order valence-electron chi connectivity index (χ0n) is 16.0. The SMILES string of the molecule is COc1ccccc1CC(=O)NC(C)c1ccc(OC(C)C)c(OC)c1. The molecular formula is C21H27NO4. The summed E-state index contributed by atoms with van der Waals surface area (Å²) in [4.78, 5) is 12.4. The first-order valence-electron chi connectivity index (χ1n) is 8.70. The molecule has 1 unspecified atom stereocenters. The van der Waals surface area contributed by atoms with Crippen LogP contribution in [0.25, 0.3) is 0 Å². The molecular weight excluding hydrogens is 330 g/mol. The number of benzene rings is 2. The molecule has 0 saturated heterocycles. The van der Waals surface area contributed by atoms with Crippen LogP contribution in [0.5, 0.6) is 17.2 Å². The molecule has 0 radical (unpaired) electrons. The van der Waals surface area contributed by atoms with E-state index in [4.69, 9.17) is 14.2 Å². The summed E-state index contributed by atoms with van der Waals surface area (Å²) in [6.45, 7) is 5.87. The molecule has 26 heavy (non-hydrogen) atoms. The average molecular weight is 357 g/mol. The number of amides is 1. The fourth-order valence-electron chi connectivity index (χ4n) is 2.70. The van der Waals surface area contributed by atoms with Crippen LogP contribution in [0.2, 0.25) is 0 Å². The van der Waals surface area contributed by atoms with Gasteiger partial charge < -0.3 is 19.5 Å². The Bertz CT molecular complexity index is 743. The molecule has 0 aliphatic rings. The van der Waals surface area contributed by atoms with E-state index in [-0.39, 0.29) is 24.5 Å². The van der Waals surface area contributed by atoms with E-state index in [1.807, 2.05) is 63.2 Å². The average Bonchev–Trinajstić information content (AvgIpc) is 2.61. The van der Waals surface area contributed by atoms with Gasteiger partial charge in [-0.2, -0.15) is 0 Å². The van der Waals surface area contributed by atoms with E-state index in [1.165, 1.54) is 0 Å². The maximum absolute atomic E-state index is 12.4. The number of methoxy groups -OCH3 is 2. The number of carbonyl (C=O) groups excluding carboxylic acids is 1. The molecule has 2 aromatic carbocycles. The minimum atomic E-state index is -0.154. The number of ether oxygens (including phenoxy) is 3. The van der Waals surface area contributed by atoms with E-state index < -0.39 is 0 Å². The zero-order chi connectivity index (χ0) is 19.1. The largest absolute Gasteiger partial charge is 0.496 e. The highest BCUT2D eigenvalue weighted by Gasteiger charge is 2.15. The van der Waals surface area contributed by atoms with Crippen LogP contribution in [-0.2, 0) is 11.2 Å². The van der Waals surface area contributed by atoms with Gasteiger partial charge in [0.25, 0.3) is 0 Å². The van der Waals surface area contributed by atoms with E-state index in [0.29, 0.717) is 17.2 Å². The van der Waals surface area contributed by atoms with Crippen LogP contribution in [0.4, 0.5) is 0 Å². The highest BCUT2D eigenvalue weighted by molar-refractivity contribution is 5.79. The summed E-state index contributed by atoms with van der Waals surface area (Å²) in [7, 11) is 3.21. The molecule has 0 saturated carbocycles. The Morgan fingerprint density at radius 3 is 2.31 bits per heavy atom. The first-order valence-corrected chi connectivity index (χ1v) is 8.70. The molecule has 0 aromatic heterocycles. The summed E-state index contributed by atoms with van der Waals surface area (Å²) < 4.78 is 16.4. The Hall–Kier alpha value is -2.69. The predicted molar refractivity (Wildman–Crippen MR) is 102 cm³/mol. The van der Waals surface area contributed by atoms with Gasteiger partial charge in [0.15, 0.2) is 11.5 Å². The Morgan fingerprint density at radius 1 is 0.962 bits per heavy atom. The van der Waals surface area contributed by atoms with Crippen LogP contribution >= 0.6 is 0 Å². The van der Waals surface area contributed by atoms with Crippen molar-refractivity contribution < 1.29 is 19.0 Å². The number of rotatable bonds is 8. The van der Waals surface area contributed by atoms with E-state index in [1.54, 1.807) is 14.2 Å². The fourth-order valence-corrected chi connectivity index (χ4v) is 2.70. The molecule has 0 bridgehead atoms. The maximum atomic E-state index is 12.4. The second kappa shape index (κ2) is 9.13. The molecule has 5 nitrogen and oxygen atoms in total. The second-order valence-corrected chi connectivity index (χ2v) is 6.35. The Morgan fingerprint density at radius 2 is 1.65 bits per heavy atom. The summed E-state index contributed by atoms with van der Waals surface area (Å²) in [5.74, 6) is 2.00. The van der Waals surface area contributed by atoms with Crippen molar-refractivity contribution in [1.82, 2.24) is 5.32 Å². The zero-order valence-corrected chi connectivity index (χ0v) is 16.0. The molecule has 1 atom stereocenters. The monoisotopic (exact) mass is 357 g/mol. The molecule has 0 fully saturated rings. The van der Waals surface area contributed by atoms with Crippen LogP contribution in [0.1, 0.15) is 37.9 Å². The summed E-state index contributed by atoms with van der Waals surface area (Å²) >= 11 is 0. The van der Waals surface area contributed by atoms with Crippen LogP contribution < -0.4 is 19.5 Å². The lowest BCUT2D eigenvalue weighted by Crippen LogP contribution is -2.28.